The maximum Gasteiger partial charge on any atom is 0.175 e. The van der Waals surface area contributed by atoms with E-state index in [0.29, 0.717) is 11.4 Å². The van der Waals surface area contributed by atoms with Gasteiger partial charge in [0.2, 0.25) is 0 Å². The standard InChI is InChI=1S/C23H22N2O2S/c1-16-11-17(2)13-18(12-16)15-25-22-14-20(28(3,26)27)9-10-21(22)24-23(25)19-7-5-4-6-8-19/h4-14H,15H2,1-3H3. The molecule has 0 aliphatic rings. The lowest BCUT2D eigenvalue weighted by atomic mass is 10.1. The number of aromatic nitrogens is 2. The van der Waals surface area contributed by atoms with Crippen molar-refractivity contribution < 1.29 is 8.42 Å². The molecule has 0 unspecified atom stereocenters. The van der Waals surface area contributed by atoms with E-state index in [1.54, 1.807) is 18.2 Å². The number of hydrogen-bond donors (Lipinski definition) is 0. The van der Waals surface area contributed by atoms with Gasteiger partial charge in [-0.15, -0.1) is 0 Å². The largest absolute Gasteiger partial charge is 0.319 e. The molecule has 0 atom stereocenters. The monoisotopic (exact) mass is 390 g/mol. The smallest absolute Gasteiger partial charge is 0.175 e. The van der Waals surface area contributed by atoms with Gasteiger partial charge in [0.15, 0.2) is 9.84 Å². The average molecular weight is 391 g/mol. The summed E-state index contributed by atoms with van der Waals surface area (Å²) in [5.41, 5.74) is 6.19. The fourth-order valence-corrected chi connectivity index (χ4v) is 4.28. The molecule has 0 aliphatic heterocycles. The maximum atomic E-state index is 12.1. The lowest BCUT2D eigenvalue weighted by Crippen LogP contribution is -2.04. The van der Waals surface area contributed by atoms with Gasteiger partial charge in [0.05, 0.1) is 15.9 Å². The minimum absolute atomic E-state index is 0.307. The van der Waals surface area contributed by atoms with E-state index in [0.717, 1.165) is 22.4 Å². The van der Waals surface area contributed by atoms with Crippen molar-refractivity contribution in [2.45, 2.75) is 25.3 Å². The highest BCUT2D eigenvalue weighted by Crippen LogP contribution is 2.28. The predicted octanol–water partition coefficient (Wildman–Crippen LogP) is 4.77. The minimum Gasteiger partial charge on any atom is -0.319 e. The first-order valence-electron chi connectivity index (χ1n) is 9.14. The van der Waals surface area contributed by atoms with Crippen molar-refractivity contribution in [2.75, 3.05) is 6.26 Å². The number of sulfone groups is 1. The van der Waals surface area contributed by atoms with Gasteiger partial charge in [0.1, 0.15) is 5.82 Å². The van der Waals surface area contributed by atoms with E-state index in [2.05, 4.69) is 36.6 Å². The maximum absolute atomic E-state index is 12.1. The van der Waals surface area contributed by atoms with Crippen LogP contribution in [-0.4, -0.2) is 24.2 Å². The van der Waals surface area contributed by atoms with Gasteiger partial charge in [0, 0.05) is 18.4 Å². The molecule has 1 aromatic heterocycles. The van der Waals surface area contributed by atoms with E-state index in [1.807, 2.05) is 30.3 Å². The number of aryl methyl sites for hydroxylation is 2. The molecule has 0 amide bonds. The Morgan fingerprint density at radius 3 is 2.21 bits per heavy atom. The lowest BCUT2D eigenvalue weighted by Gasteiger charge is -2.12. The normalized spacial score (nSPS) is 11.8. The van der Waals surface area contributed by atoms with Crippen LogP contribution >= 0.6 is 0 Å². The zero-order valence-electron chi connectivity index (χ0n) is 16.2. The third kappa shape index (κ3) is 3.58. The lowest BCUT2D eigenvalue weighted by molar-refractivity contribution is 0.602. The second kappa shape index (κ2) is 6.91. The molecule has 4 rings (SSSR count). The summed E-state index contributed by atoms with van der Waals surface area (Å²) < 4.78 is 26.3. The molecule has 0 N–H and O–H groups in total. The summed E-state index contributed by atoms with van der Waals surface area (Å²) in [6, 6.07) is 21.6. The molecule has 5 heteroatoms. The molecule has 0 saturated carbocycles. The summed E-state index contributed by atoms with van der Waals surface area (Å²) in [4.78, 5) is 5.12. The van der Waals surface area contributed by atoms with E-state index in [-0.39, 0.29) is 0 Å². The summed E-state index contributed by atoms with van der Waals surface area (Å²) in [5.74, 6) is 0.834. The van der Waals surface area contributed by atoms with Crippen molar-refractivity contribution in [3.8, 4) is 11.4 Å². The number of rotatable bonds is 4. The van der Waals surface area contributed by atoms with Gasteiger partial charge in [0.25, 0.3) is 0 Å². The SMILES string of the molecule is Cc1cc(C)cc(Cn2c(-c3ccccc3)nc3ccc(S(C)(=O)=O)cc32)c1. The average Bonchev–Trinajstić information content (AvgIpc) is 2.99. The Balaban J connectivity index is 1.96. The van der Waals surface area contributed by atoms with E-state index in [9.17, 15) is 8.42 Å². The van der Waals surface area contributed by atoms with E-state index in [4.69, 9.17) is 4.98 Å². The Bertz CT molecular complexity index is 1250. The van der Waals surface area contributed by atoms with Gasteiger partial charge in [-0.1, -0.05) is 59.7 Å². The van der Waals surface area contributed by atoms with Crippen LogP contribution in [-0.2, 0) is 16.4 Å². The van der Waals surface area contributed by atoms with Crippen molar-refractivity contribution in [2.24, 2.45) is 0 Å². The molecule has 0 fully saturated rings. The van der Waals surface area contributed by atoms with Crippen molar-refractivity contribution in [3.63, 3.8) is 0 Å². The van der Waals surface area contributed by atoms with E-state index < -0.39 is 9.84 Å². The predicted molar refractivity (Wildman–Crippen MR) is 113 cm³/mol. The highest BCUT2D eigenvalue weighted by atomic mass is 32.2. The van der Waals surface area contributed by atoms with Gasteiger partial charge >= 0.3 is 0 Å². The van der Waals surface area contributed by atoms with Crippen LogP contribution < -0.4 is 0 Å². The molecule has 0 radical (unpaired) electrons. The van der Waals surface area contributed by atoms with Gasteiger partial charge < -0.3 is 4.57 Å². The molecule has 0 aliphatic carbocycles. The second-order valence-electron chi connectivity index (χ2n) is 7.31. The molecular formula is C23H22N2O2S. The van der Waals surface area contributed by atoms with Crippen LogP contribution in [0, 0.1) is 13.8 Å². The summed E-state index contributed by atoms with van der Waals surface area (Å²) in [6.07, 6.45) is 1.23. The quantitative estimate of drug-likeness (QED) is 0.504. The zero-order valence-corrected chi connectivity index (χ0v) is 17.0. The molecule has 0 spiro atoms. The first-order chi connectivity index (χ1) is 13.3. The summed E-state index contributed by atoms with van der Waals surface area (Å²) in [5, 5.41) is 0. The molecule has 1 heterocycles. The minimum atomic E-state index is -3.29. The van der Waals surface area contributed by atoms with Crippen LogP contribution in [0.25, 0.3) is 22.4 Å². The first-order valence-corrected chi connectivity index (χ1v) is 11.0. The van der Waals surface area contributed by atoms with Crippen LogP contribution in [0.5, 0.6) is 0 Å². The van der Waals surface area contributed by atoms with Gasteiger partial charge in [-0.05, 0) is 37.6 Å². The fourth-order valence-electron chi connectivity index (χ4n) is 3.64. The summed E-state index contributed by atoms with van der Waals surface area (Å²) in [7, 11) is -3.29. The number of fused-ring (bicyclic) bond motifs is 1. The number of nitrogens with zero attached hydrogens (tertiary/aromatic N) is 2. The van der Waals surface area contributed by atoms with Crippen LogP contribution in [0.3, 0.4) is 0 Å². The molecule has 4 nitrogen and oxygen atoms in total. The molecule has 4 aromatic rings. The van der Waals surface area contributed by atoms with Crippen LogP contribution in [0.2, 0.25) is 0 Å². The van der Waals surface area contributed by atoms with E-state index >= 15 is 0 Å². The Labute approximate surface area is 165 Å². The molecule has 3 aromatic carbocycles. The van der Waals surface area contributed by atoms with Crippen molar-refractivity contribution >= 4 is 20.9 Å². The highest BCUT2D eigenvalue weighted by molar-refractivity contribution is 7.90. The number of hydrogen-bond acceptors (Lipinski definition) is 3. The molecular weight excluding hydrogens is 368 g/mol. The van der Waals surface area contributed by atoms with Crippen LogP contribution in [0.4, 0.5) is 0 Å². The van der Waals surface area contributed by atoms with E-state index in [1.165, 1.54) is 22.9 Å². The highest BCUT2D eigenvalue weighted by Gasteiger charge is 2.16. The van der Waals surface area contributed by atoms with Crippen molar-refractivity contribution in [1.82, 2.24) is 9.55 Å². The molecule has 28 heavy (non-hydrogen) atoms. The summed E-state index contributed by atoms with van der Waals surface area (Å²) >= 11 is 0. The third-order valence-electron chi connectivity index (χ3n) is 4.80. The number of imidazole rings is 1. The Kier molecular flexibility index (Phi) is 4.55. The fraction of sp³-hybridized carbons (Fsp3) is 0.174. The molecule has 142 valence electrons. The Morgan fingerprint density at radius 1 is 0.893 bits per heavy atom. The molecule has 0 bridgehead atoms. The first kappa shape index (κ1) is 18.4. The summed E-state index contributed by atoms with van der Waals surface area (Å²) in [6.45, 7) is 4.79. The zero-order chi connectivity index (χ0) is 19.9. The second-order valence-corrected chi connectivity index (χ2v) is 9.32. The molecule has 0 saturated heterocycles. The topological polar surface area (TPSA) is 52.0 Å². The van der Waals surface area contributed by atoms with Crippen molar-refractivity contribution in [1.29, 1.82) is 0 Å². The Morgan fingerprint density at radius 2 is 1.57 bits per heavy atom. The Hall–Kier alpha value is -2.92. The third-order valence-corrected chi connectivity index (χ3v) is 5.91. The van der Waals surface area contributed by atoms with Gasteiger partial charge in [-0.25, -0.2) is 13.4 Å². The van der Waals surface area contributed by atoms with Crippen molar-refractivity contribution in [3.05, 3.63) is 83.4 Å². The van der Waals surface area contributed by atoms with Crippen LogP contribution in [0.15, 0.2) is 71.6 Å². The number of benzene rings is 3. The van der Waals surface area contributed by atoms with Gasteiger partial charge in [-0.3, -0.25) is 0 Å². The van der Waals surface area contributed by atoms with Gasteiger partial charge in [-0.2, -0.15) is 0 Å². The van der Waals surface area contributed by atoms with Crippen LogP contribution in [0.1, 0.15) is 16.7 Å².